The summed E-state index contributed by atoms with van der Waals surface area (Å²) in [7, 11) is 0. The molecule has 0 spiro atoms. The van der Waals surface area contributed by atoms with E-state index < -0.39 is 10.5 Å². The van der Waals surface area contributed by atoms with Crippen LogP contribution in [0.5, 0.6) is 0 Å². The van der Waals surface area contributed by atoms with Crippen LogP contribution in [0.4, 0.5) is 11.4 Å². The van der Waals surface area contributed by atoms with Crippen molar-refractivity contribution in [2.24, 2.45) is 0 Å². The van der Waals surface area contributed by atoms with E-state index in [1.54, 1.807) is 24.3 Å². The molecule has 1 aromatic carbocycles. The smallest absolute Gasteiger partial charge is 0.294 e. The molecule has 0 atom stereocenters. The highest BCUT2D eigenvalue weighted by atomic mass is 79.9. The molecule has 0 aromatic heterocycles. The maximum atomic E-state index is 11.2. The van der Waals surface area contributed by atoms with Crippen LogP contribution in [-0.4, -0.2) is 4.92 Å². The lowest BCUT2D eigenvalue weighted by Gasteiger charge is -2.12. The van der Waals surface area contributed by atoms with E-state index in [1.807, 2.05) is 13.8 Å². The molecular weight excluding hydrogens is 350 g/mol. The predicted molar refractivity (Wildman–Crippen MR) is 82.4 cm³/mol. The summed E-state index contributed by atoms with van der Waals surface area (Å²) >= 11 is 3.22. The Morgan fingerprint density at radius 1 is 1.27 bits per heavy atom. The Hall–Kier alpha value is -2.89. The number of halogens is 1. The van der Waals surface area contributed by atoms with Crippen LogP contribution in [-0.2, 0) is 0 Å². The fraction of sp³-hybridized carbons (Fsp3) is 0.214. The zero-order valence-corrected chi connectivity index (χ0v) is 13.3. The number of nitrogens with zero attached hydrogens (tertiary/aromatic N) is 4. The molecule has 0 bridgehead atoms. The van der Waals surface area contributed by atoms with Gasteiger partial charge in [0.1, 0.15) is 29.6 Å². The molecule has 8 heteroatoms. The van der Waals surface area contributed by atoms with Gasteiger partial charge in [0.25, 0.3) is 5.69 Å². The van der Waals surface area contributed by atoms with Crippen LogP contribution in [0.1, 0.15) is 25.3 Å². The minimum absolute atomic E-state index is 0.0222. The van der Waals surface area contributed by atoms with E-state index in [-0.39, 0.29) is 23.0 Å². The van der Waals surface area contributed by atoms with Gasteiger partial charge in [-0.2, -0.15) is 15.8 Å². The molecule has 7 nitrogen and oxygen atoms in total. The van der Waals surface area contributed by atoms with Crippen LogP contribution in [0, 0.1) is 44.1 Å². The Morgan fingerprint density at radius 3 is 2.27 bits per heavy atom. The number of benzene rings is 1. The Bertz CT molecular complexity index is 762. The predicted octanol–water partition coefficient (Wildman–Crippen LogP) is 3.72. The largest absolute Gasteiger partial charge is 0.339 e. The second kappa shape index (κ2) is 7.21. The zero-order chi connectivity index (χ0) is 16.9. The number of nitriles is 3. The first-order valence-corrected chi connectivity index (χ1v) is 6.84. The summed E-state index contributed by atoms with van der Waals surface area (Å²) in [5.41, 5.74) is -0.273. The number of anilines is 1. The second-order valence-electron chi connectivity index (χ2n) is 4.52. The van der Waals surface area contributed by atoms with Crippen molar-refractivity contribution in [2.75, 3.05) is 5.32 Å². The summed E-state index contributed by atoms with van der Waals surface area (Å²) in [6.07, 6.45) is 0. The third-order valence-electron chi connectivity index (χ3n) is 2.79. The van der Waals surface area contributed by atoms with Crippen LogP contribution < -0.4 is 5.32 Å². The van der Waals surface area contributed by atoms with Gasteiger partial charge in [-0.15, -0.1) is 0 Å². The first kappa shape index (κ1) is 17.2. The van der Waals surface area contributed by atoms with Gasteiger partial charge in [-0.25, -0.2) is 0 Å². The zero-order valence-electron chi connectivity index (χ0n) is 11.7. The SMILES string of the molecule is CC(C)c1cc(Br)c(NC(C#N)=C(C#N)C#N)c([N+](=O)[O-])c1. The van der Waals surface area contributed by atoms with E-state index in [0.29, 0.717) is 4.47 Å². The molecule has 110 valence electrons. The Kier molecular flexibility index (Phi) is 5.63. The number of nitro groups is 1. The lowest BCUT2D eigenvalue weighted by Crippen LogP contribution is -2.05. The molecule has 1 aromatic rings. The maximum Gasteiger partial charge on any atom is 0.294 e. The van der Waals surface area contributed by atoms with Gasteiger partial charge in [0, 0.05) is 10.5 Å². The average molecular weight is 360 g/mol. The topological polar surface area (TPSA) is 127 Å². The fourth-order valence-corrected chi connectivity index (χ4v) is 2.19. The summed E-state index contributed by atoms with van der Waals surface area (Å²) in [6.45, 7) is 3.78. The molecular formula is C14H10BrN5O2. The van der Waals surface area contributed by atoms with Gasteiger partial charge in [0.2, 0.25) is 0 Å². The van der Waals surface area contributed by atoms with Crippen LogP contribution in [0.3, 0.4) is 0 Å². The molecule has 0 fully saturated rings. The second-order valence-corrected chi connectivity index (χ2v) is 5.37. The number of hydrogen-bond acceptors (Lipinski definition) is 6. The molecule has 0 saturated heterocycles. The van der Waals surface area contributed by atoms with Crippen molar-refractivity contribution in [3.8, 4) is 18.2 Å². The van der Waals surface area contributed by atoms with Crippen LogP contribution in [0.15, 0.2) is 27.9 Å². The summed E-state index contributed by atoms with van der Waals surface area (Å²) in [5.74, 6) is 0.0730. The molecule has 0 aliphatic heterocycles. The highest BCUT2D eigenvalue weighted by molar-refractivity contribution is 9.10. The Morgan fingerprint density at radius 2 is 1.86 bits per heavy atom. The van der Waals surface area contributed by atoms with Gasteiger partial charge in [-0.3, -0.25) is 10.1 Å². The van der Waals surface area contributed by atoms with E-state index >= 15 is 0 Å². The molecule has 1 rings (SSSR count). The first-order valence-electron chi connectivity index (χ1n) is 6.05. The summed E-state index contributed by atoms with van der Waals surface area (Å²) in [6, 6.07) is 7.88. The number of allylic oxidation sites excluding steroid dienone is 2. The molecule has 0 aliphatic rings. The molecule has 0 radical (unpaired) electrons. The lowest BCUT2D eigenvalue weighted by molar-refractivity contribution is -0.384. The minimum atomic E-state index is -0.591. The van der Waals surface area contributed by atoms with Gasteiger partial charge in [-0.1, -0.05) is 13.8 Å². The van der Waals surface area contributed by atoms with Gasteiger partial charge in [0.15, 0.2) is 5.57 Å². The minimum Gasteiger partial charge on any atom is -0.339 e. The van der Waals surface area contributed by atoms with Crippen molar-refractivity contribution in [1.82, 2.24) is 0 Å². The van der Waals surface area contributed by atoms with Crippen molar-refractivity contribution in [2.45, 2.75) is 19.8 Å². The Balaban J connectivity index is 3.53. The normalized spacial score (nSPS) is 9.32. The van der Waals surface area contributed by atoms with Gasteiger partial charge in [0.05, 0.1) is 4.92 Å². The molecule has 0 unspecified atom stereocenters. The van der Waals surface area contributed by atoms with Crippen LogP contribution >= 0.6 is 15.9 Å². The fourth-order valence-electron chi connectivity index (χ4n) is 1.62. The van der Waals surface area contributed by atoms with E-state index in [0.717, 1.165) is 5.56 Å². The standard InChI is InChI=1S/C14H10BrN5O2/c1-8(2)9-3-11(15)14(13(4-9)20(21)22)19-12(7-18)10(5-16)6-17/h3-4,8,19H,1-2H3. The van der Waals surface area contributed by atoms with Crippen molar-refractivity contribution >= 4 is 27.3 Å². The van der Waals surface area contributed by atoms with Crippen molar-refractivity contribution in [1.29, 1.82) is 15.8 Å². The highest BCUT2D eigenvalue weighted by Crippen LogP contribution is 2.37. The van der Waals surface area contributed by atoms with Crippen molar-refractivity contribution < 1.29 is 4.92 Å². The molecule has 1 N–H and O–H groups in total. The molecule has 0 heterocycles. The number of nitro benzene ring substituents is 1. The summed E-state index contributed by atoms with van der Waals surface area (Å²) in [4.78, 5) is 10.7. The monoisotopic (exact) mass is 359 g/mol. The number of rotatable bonds is 4. The summed E-state index contributed by atoms with van der Waals surface area (Å²) < 4.78 is 0.369. The summed E-state index contributed by atoms with van der Waals surface area (Å²) in [5, 5.41) is 40.4. The third kappa shape index (κ3) is 3.60. The van der Waals surface area contributed by atoms with Crippen molar-refractivity contribution in [3.63, 3.8) is 0 Å². The number of hydrogen-bond donors (Lipinski definition) is 1. The van der Waals surface area contributed by atoms with E-state index in [4.69, 9.17) is 15.8 Å². The van der Waals surface area contributed by atoms with Gasteiger partial charge < -0.3 is 5.32 Å². The van der Waals surface area contributed by atoms with Gasteiger partial charge in [-0.05, 0) is 33.5 Å². The quantitative estimate of drug-likeness (QED) is 0.495. The molecule has 0 amide bonds. The Labute approximate surface area is 135 Å². The first-order chi connectivity index (χ1) is 10.3. The van der Waals surface area contributed by atoms with E-state index in [2.05, 4.69) is 21.2 Å². The third-order valence-corrected chi connectivity index (χ3v) is 3.42. The number of nitrogens with one attached hydrogen (secondary N) is 1. The van der Waals surface area contributed by atoms with Crippen LogP contribution in [0.2, 0.25) is 0 Å². The lowest BCUT2D eigenvalue weighted by atomic mass is 10.0. The van der Waals surface area contributed by atoms with Gasteiger partial charge >= 0.3 is 0 Å². The molecule has 22 heavy (non-hydrogen) atoms. The van der Waals surface area contributed by atoms with Crippen LogP contribution in [0.25, 0.3) is 0 Å². The molecule has 0 aliphatic carbocycles. The van der Waals surface area contributed by atoms with E-state index in [9.17, 15) is 10.1 Å². The average Bonchev–Trinajstić information content (AvgIpc) is 2.47. The highest BCUT2D eigenvalue weighted by Gasteiger charge is 2.21. The van der Waals surface area contributed by atoms with E-state index in [1.165, 1.54) is 6.07 Å². The maximum absolute atomic E-state index is 11.2. The molecule has 0 saturated carbocycles. The van der Waals surface area contributed by atoms with Crippen molar-refractivity contribution in [3.05, 3.63) is 43.6 Å².